The lowest BCUT2D eigenvalue weighted by molar-refractivity contribution is -0.133. The van der Waals surface area contributed by atoms with Crippen LogP contribution in [0.5, 0.6) is 5.75 Å². The molecule has 1 N–H and O–H groups in total. The van der Waals surface area contributed by atoms with Crippen LogP contribution in [-0.2, 0) is 17.9 Å². The van der Waals surface area contributed by atoms with Crippen LogP contribution < -0.4 is 10.1 Å². The molecule has 4 atom stereocenters. The van der Waals surface area contributed by atoms with Crippen molar-refractivity contribution in [3.05, 3.63) is 90.6 Å². The largest absolute Gasteiger partial charge is 0.496 e. The number of aromatic nitrogens is 3. The average molecular weight is 508 g/mol. The maximum Gasteiger partial charge on any atom is 0.224 e. The second-order valence-corrected chi connectivity index (χ2v) is 10.3. The summed E-state index contributed by atoms with van der Waals surface area (Å²) in [5, 5.41) is 12.0. The van der Waals surface area contributed by atoms with Gasteiger partial charge in [0, 0.05) is 30.3 Å². The summed E-state index contributed by atoms with van der Waals surface area (Å²) in [4.78, 5) is 15.6. The smallest absolute Gasteiger partial charge is 0.224 e. The highest BCUT2D eigenvalue weighted by molar-refractivity contribution is 5.79. The molecule has 4 heterocycles. The van der Waals surface area contributed by atoms with Gasteiger partial charge in [0.25, 0.3) is 0 Å². The third kappa shape index (κ3) is 5.07. The van der Waals surface area contributed by atoms with Crippen molar-refractivity contribution in [1.82, 2.24) is 25.2 Å². The first kappa shape index (κ1) is 24.4. The normalized spacial score (nSPS) is 22.2. The first-order chi connectivity index (χ1) is 18.7. The molecule has 3 aliphatic rings. The zero-order chi connectivity index (χ0) is 25.9. The number of fused-ring (bicyclic) bond motifs is 3. The molecular formula is C31H33N5O2. The van der Waals surface area contributed by atoms with E-state index in [1.54, 1.807) is 7.11 Å². The first-order valence-electron chi connectivity index (χ1n) is 13.4. The summed E-state index contributed by atoms with van der Waals surface area (Å²) in [7, 11) is 1.66. The van der Waals surface area contributed by atoms with Gasteiger partial charge in [-0.2, -0.15) is 0 Å². The minimum atomic E-state index is 0.0316. The Bertz CT molecular complexity index is 1380. The molecule has 0 saturated carbocycles. The average Bonchev–Trinajstić information content (AvgIpc) is 3.45. The minimum absolute atomic E-state index is 0.0316. The third-order valence-electron chi connectivity index (χ3n) is 8.09. The number of rotatable bonds is 8. The highest BCUT2D eigenvalue weighted by atomic mass is 16.5. The van der Waals surface area contributed by atoms with E-state index in [-0.39, 0.29) is 11.8 Å². The van der Waals surface area contributed by atoms with E-state index < -0.39 is 0 Å². The maximum absolute atomic E-state index is 13.1. The molecule has 0 aliphatic carbocycles. The van der Waals surface area contributed by atoms with Gasteiger partial charge in [-0.15, -0.1) is 5.10 Å². The van der Waals surface area contributed by atoms with Gasteiger partial charge in [0.2, 0.25) is 5.91 Å². The van der Waals surface area contributed by atoms with E-state index in [9.17, 15) is 4.79 Å². The van der Waals surface area contributed by atoms with Gasteiger partial charge >= 0.3 is 0 Å². The Kier molecular flexibility index (Phi) is 6.92. The van der Waals surface area contributed by atoms with Gasteiger partial charge in [-0.1, -0.05) is 78.0 Å². The van der Waals surface area contributed by atoms with Crippen molar-refractivity contribution in [2.45, 2.75) is 32.0 Å². The van der Waals surface area contributed by atoms with E-state index in [0.717, 1.165) is 55.0 Å². The standard InChI is InChI=1S/C31H33N5O2/c1-38-30-10-6-5-9-26(30)18-32-31(37)28-20-35-16-15-25(28)17-27(35)19-36-21-29(33-34-36)24-13-11-23(12-14-24)22-7-3-2-4-8-22/h2-14,21,25,27-28H,15-20H2,1H3,(H,32,37)/t25-,27+,28-/m0/s1. The van der Waals surface area contributed by atoms with Crippen LogP contribution in [0.4, 0.5) is 0 Å². The van der Waals surface area contributed by atoms with E-state index >= 15 is 0 Å². The van der Waals surface area contributed by atoms with Crippen LogP contribution in [-0.4, -0.2) is 52.0 Å². The first-order valence-corrected chi connectivity index (χ1v) is 13.4. The second kappa shape index (κ2) is 10.8. The molecule has 0 radical (unpaired) electrons. The molecular weight excluding hydrogens is 474 g/mol. The Morgan fingerprint density at radius 1 is 0.974 bits per heavy atom. The number of benzene rings is 3. The number of hydrogen-bond donors (Lipinski definition) is 1. The number of amides is 1. The van der Waals surface area contributed by atoms with Crippen molar-refractivity contribution in [3.8, 4) is 28.1 Å². The van der Waals surface area contributed by atoms with Gasteiger partial charge in [-0.3, -0.25) is 14.4 Å². The zero-order valence-corrected chi connectivity index (χ0v) is 21.7. The molecule has 4 aromatic rings. The lowest BCUT2D eigenvalue weighted by Gasteiger charge is -2.49. The molecule has 7 nitrogen and oxygen atoms in total. The summed E-state index contributed by atoms with van der Waals surface area (Å²) >= 11 is 0. The Morgan fingerprint density at radius 3 is 2.47 bits per heavy atom. The summed E-state index contributed by atoms with van der Waals surface area (Å²) in [5.41, 5.74) is 5.34. The number of nitrogens with zero attached hydrogens (tertiary/aromatic N) is 4. The van der Waals surface area contributed by atoms with Crippen LogP contribution in [0, 0.1) is 11.8 Å². The van der Waals surface area contributed by atoms with Crippen LogP contribution in [0.25, 0.3) is 22.4 Å². The summed E-state index contributed by atoms with van der Waals surface area (Å²) in [6.07, 6.45) is 4.12. The summed E-state index contributed by atoms with van der Waals surface area (Å²) < 4.78 is 7.38. The fourth-order valence-electron chi connectivity index (χ4n) is 5.99. The molecule has 7 heteroatoms. The zero-order valence-electron chi connectivity index (χ0n) is 21.7. The summed E-state index contributed by atoms with van der Waals surface area (Å²) in [6, 6.07) is 27.1. The number of carbonyl (C=O) groups excluding carboxylic acids is 1. The topological polar surface area (TPSA) is 72.3 Å². The quantitative estimate of drug-likeness (QED) is 0.376. The molecule has 3 fully saturated rings. The highest BCUT2D eigenvalue weighted by Gasteiger charge is 2.43. The van der Waals surface area contributed by atoms with E-state index in [0.29, 0.717) is 18.5 Å². The highest BCUT2D eigenvalue weighted by Crippen LogP contribution is 2.37. The van der Waals surface area contributed by atoms with E-state index in [4.69, 9.17) is 4.74 Å². The molecule has 3 saturated heterocycles. The molecule has 7 rings (SSSR count). The number of para-hydroxylation sites is 1. The Hall–Kier alpha value is -3.97. The molecule has 38 heavy (non-hydrogen) atoms. The molecule has 3 aliphatic heterocycles. The predicted octanol–water partition coefficient (Wildman–Crippen LogP) is 4.65. The predicted molar refractivity (Wildman–Crippen MR) is 147 cm³/mol. The number of carbonyl (C=O) groups is 1. The van der Waals surface area contributed by atoms with Crippen LogP contribution in [0.2, 0.25) is 0 Å². The Balaban J connectivity index is 1.06. The van der Waals surface area contributed by atoms with Crippen molar-refractivity contribution < 1.29 is 9.53 Å². The fourth-order valence-corrected chi connectivity index (χ4v) is 5.99. The number of methoxy groups -OCH3 is 1. The molecule has 1 unspecified atom stereocenters. The van der Waals surface area contributed by atoms with Crippen molar-refractivity contribution in [1.29, 1.82) is 0 Å². The fraction of sp³-hybridized carbons (Fsp3) is 0.323. The van der Waals surface area contributed by atoms with E-state index in [1.165, 1.54) is 11.1 Å². The van der Waals surface area contributed by atoms with Gasteiger partial charge in [0.15, 0.2) is 0 Å². The monoisotopic (exact) mass is 507 g/mol. The van der Waals surface area contributed by atoms with E-state index in [1.807, 2.05) is 41.2 Å². The SMILES string of the molecule is COc1ccccc1CNC(=O)[C@H]1CN2CC[C@H]1C[C@@H]2Cn1cc(-c2ccc(-c3ccccc3)cc2)nn1. The van der Waals surface area contributed by atoms with Crippen LogP contribution in [0.1, 0.15) is 18.4 Å². The van der Waals surface area contributed by atoms with Crippen LogP contribution in [0.15, 0.2) is 85.1 Å². The number of piperidine rings is 3. The number of hydrogen-bond acceptors (Lipinski definition) is 5. The Morgan fingerprint density at radius 2 is 1.71 bits per heavy atom. The summed E-state index contributed by atoms with van der Waals surface area (Å²) in [5.74, 6) is 1.38. The molecule has 1 aromatic heterocycles. The second-order valence-electron chi connectivity index (χ2n) is 10.3. The minimum Gasteiger partial charge on any atom is -0.496 e. The summed E-state index contributed by atoms with van der Waals surface area (Å²) in [6.45, 7) is 3.12. The molecule has 1 amide bonds. The molecule has 194 valence electrons. The third-order valence-corrected chi connectivity index (χ3v) is 8.09. The van der Waals surface area contributed by atoms with Crippen LogP contribution in [0.3, 0.4) is 0 Å². The van der Waals surface area contributed by atoms with Gasteiger partial charge in [-0.25, -0.2) is 0 Å². The number of nitrogens with one attached hydrogen (secondary N) is 1. The molecule has 0 spiro atoms. The molecule has 3 aromatic carbocycles. The lowest BCUT2D eigenvalue weighted by atomic mass is 9.75. The Labute approximate surface area is 223 Å². The van der Waals surface area contributed by atoms with E-state index in [2.05, 4.69) is 69.1 Å². The van der Waals surface area contributed by atoms with Crippen LogP contribution >= 0.6 is 0 Å². The molecule has 2 bridgehead atoms. The number of ether oxygens (including phenoxy) is 1. The van der Waals surface area contributed by atoms with Crippen molar-refractivity contribution in [2.24, 2.45) is 11.8 Å². The maximum atomic E-state index is 13.1. The van der Waals surface area contributed by atoms with Crippen molar-refractivity contribution in [2.75, 3.05) is 20.2 Å². The van der Waals surface area contributed by atoms with Gasteiger partial charge in [0.05, 0.1) is 25.8 Å². The van der Waals surface area contributed by atoms with Gasteiger partial charge in [-0.05, 0) is 42.5 Å². The van der Waals surface area contributed by atoms with Gasteiger partial charge in [0.1, 0.15) is 11.4 Å². The lowest BCUT2D eigenvalue weighted by Crippen LogP contribution is -2.58. The van der Waals surface area contributed by atoms with Crippen molar-refractivity contribution >= 4 is 5.91 Å². The van der Waals surface area contributed by atoms with Crippen molar-refractivity contribution in [3.63, 3.8) is 0 Å². The van der Waals surface area contributed by atoms with Gasteiger partial charge < -0.3 is 10.1 Å².